The number of halogens is 2. The molecule has 0 spiro atoms. The van der Waals surface area contributed by atoms with E-state index in [4.69, 9.17) is 27.9 Å². The van der Waals surface area contributed by atoms with Gasteiger partial charge in [-0.1, -0.05) is 29.3 Å². The molecule has 8 heteroatoms. The van der Waals surface area contributed by atoms with Crippen LogP contribution in [0.2, 0.25) is 10.0 Å². The number of piperazine rings is 1. The van der Waals surface area contributed by atoms with E-state index in [1.54, 1.807) is 25.1 Å². The summed E-state index contributed by atoms with van der Waals surface area (Å²) in [6.45, 7) is 8.30. The summed E-state index contributed by atoms with van der Waals surface area (Å²) in [5.41, 5.74) is 0. The third-order valence-electron chi connectivity index (χ3n) is 3.89. The van der Waals surface area contributed by atoms with Crippen molar-refractivity contribution < 1.29 is 9.53 Å². The summed E-state index contributed by atoms with van der Waals surface area (Å²) in [5.74, 6) is 1.52. The zero-order valence-electron chi connectivity index (χ0n) is 14.6. The summed E-state index contributed by atoms with van der Waals surface area (Å²) >= 11 is 12.1. The van der Waals surface area contributed by atoms with Gasteiger partial charge >= 0.3 is 0 Å². The van der Waals surface area contributed by atoms with Crippen molar-refractivity contribution in [3.8, 4) is 5.75 Å². The minimum atomic E-state index is 0.119. The fourth-order valence-electron chi connectivity index (χ4n) is 2.56. The van der Waals surface area contributed by atoms with Gasteiger partial charge in [0.2, 0.25) is 5.91 Å². The molecule has 0 radical (unpaired) electrons. The number of ether oxygens (including phenoxy) is 1. The molecule has 0 bridgehead atoms. The van der Waals surface area contributed by atoms with Gasteiger partial charge in [0.05, 0.1) is 11.6 Å². The highest BCUT2D eigenvalue weighted by atomic mass is 35.5. The molecular formula is C17H24Cl2N4O2. The number of nitrogens with one attached hydrogen (secondary N) is 1. The smallest absolute Gasteiger partial charge is 0.219 e. The second-order valence-corrected chi connectivity index (χ2v) is 6.41. The summed E-state index contributed by atoms with van der Waals surface area (Å²) in [4.78, 5) is 20.0. The zero-order chi connectivity index (χ0) is 18.2. The van der Waals surface area contributed by atoms with Crippen LogP contribution in [0.4, 0.5) is 0 Å². The van der Waals surface area contributed by atoms with E-state index in [-0.39, 0.29) is 5.91 Å². The lowest BCUT2D eigenvalue weighted by molar-refractivity contribution is -0.130. The first-order chi connectivity index (χ1) is 12.0. The van der Waals surface area contributed by atoms with E-state index in [1.165, 1.54) is 0 Å². The van der Waals surface area contributed by atoms with Gasteiger partial charge in [-0.3, -0.25) is 4.79 Å². The van der Waals surface area contributed by atoms with Gasteiger partial charge < -0.3 is 19.9 Å². The average molecular weight is 387 g/mol. The molecule has 1 aromatic rings. The van der Waals surface area contributed by atoms with Crippen LogP contribution in [0, 0.1) is 0 Å². The Bertz CT molecular complexity index is 617. The Morgan fingerprint density at radius 1 is 1.24 bits per heavy atom. The first-order valence-electron chi connectivity index (χ1n) is 8.38. The maximum atomic E-state index is 11.4. The predicted molar refractivity (Wildman–Crippen MR) is 102 cm³/mol. The molecule has 0 unspecified atom stereocenters. The molecule has 6 nitrogen and oxygen atoms in total. The SMILES string of the molecule is CCNC(=NCCOc1cccc(Cl)c1Cl)N1CCN(C(C)=O)CC1. The number of benzene rings is 1. The molecule has 1 N–H and O–H groups in total. The minimum Gasteiger partial charge on any atom is -0.490 e. The Hall–Kier alpha value is -1.66. The Kier molecular flexibility index (Phi) is 7.65. The van der Waals surface area contributed by atoms with E-state index in [1.807, 2.05) is 11.8 Å². The first kappa shape index (κ1) is 19.7. The predicted octanol–water partition coefficient (Wildman–Crippen LogP) is 2.50. The van der Waals surface area contributed by atoms with Crippen LogP contribution in [0.25, 0.3) is 0 Å². The number of aliphatic imine (C=N–C) groups is 1. The number of guanidine groups is 1. The van der Waals surface area contributed by atoms with E-state index in [2.05, 4.69) is 15.2 Å². The molecule has 2 rings (SSSR count). The topological polar surface area (TPSA) is 57.2 Å². The maximum Gasteiger partial charge on any atom is 0.219 e. The minimum absolute atomic E-state index is 0.119. The van der Waals surface area contributed by atoms with Crippen molar-refractivity contribution in [2.45, 2.75) is 13.8 Å². The van der Waals surface area contributed by atoms with Gasteiger partial charge in [-0.2, -0.15) is 0 Å². The van der Waals surface area contributed by atoms with Crippen molar-refractivity contribution in [2.75, 3.05) is 45.9 Å². The van der Waals surface area contributed by atoms with Crippen molar-refractivity contribution in [1.82, 2.24) is 15.1 Å². The number of carbonyl (C=O) groups is 1. The van der Waals surface area contributed by atoms with Crippen LogP contribution in [0.3, 0.4) is 0 Å². The van der Waals surface area contributed by atoms with Crippen LogP contribution in [0.15, 0.2) is 23.2 Å². The van der Waals surface area contributed by atoms with Crippen molar-refractivity contribution in [2.24, 2.45) is 4.99 Å². The fourth-order valence-corrected chi connectivity index (χ4v) is 2.91. The number of hydrogen-bond acceptors (Lipinski definition) is 3. The van der Waals surface area contributed by atoms with Crippen LogP contribution >= 0.6 is 23.2 Å². The Balaban J connectivity index is 1.87. The molecule has 0 aliphatic carbocycles. The van der Waals surface area contributed by atoms with Gasteiger partial charge in [-0.15, -0.1) is 0 Å². The monoisotopic (exact) mass is 386 g/mol. The average Bonchev–Trinajstić information content (AvgIpc) is 2.61. The molecule has 1 saturated heterocycles. The second kappa shape index (κ2) is 9.73. The summed E-state index contributed by atoms with van der Waals surface area (Å²) in [7, 11) is 0. The molecule has 25 heavy (non-hydrogen) atoms. The van der Waals surface area contributed by atoms with Crippen LogP contribution in [0.5, 0.6) is 5.75 Å². The van der Waals surface area contributed by atoms with Crippen LogP contribution in [-0.2, 0) is 4.79 Å². The number of amides is 1. The van der Waals surface area contributed by atoms with Crippen molar-refractivity contribution in [1.29, 1.82) is 0 Å². The molecule has 1 fully saturated rings. The summed E-state index contributed by atoms with van der Waals surface area (Å²) < 4.78 is 5.66. The normalized spacial score (nSPS) is 15.3. The van der Waals surface area contributed by atoms with Gasteiger partial charge in [-0.25, -0.2) is 4.99 Å². The van der Waals surface area contributed by atoms with Gasteiger partial charge in [0.25, 0.3) is 0 Å². The third-order valence-corrected chi connectivity index (χ3v) is 4.69. The molecule has 0 atom stereocenters. The fraction of sp³-hybridized carbons (Fsp3) is 0.529. The van der Waals surface area contributed by atoms with Crippen LogP contribution in [0.1, 0.15) is 13.8 Å². The Labute approximate surface area is 158 Å². The second-order valence-electron chi connectivity index (χ2n) is 5.63. The molecule has 1 aliphatic rings. The van der Waals surface area contributed by atoms with Crippen molar-refractivity contribution >= 4 is 35.1 Å². The molecule has 1 aromatic carbocycles. The van der Waals surface area contributed by atoms with E-state index in [0.29, 0.717) is 42.0 Å². The maximum absolute atomic E-state index is 11.4. The Morgan fingerprint density at radius 2 is 1.92 bits per heavy atom. The number of hydrogen-bond donors (Lipinski definition) is 1. The largest absolute Gasteiger partial charge is 0.490 e. The van der Waals surface area contributed by atoms with Crippen molar-refractivity contribution in [3.05, 3.63) is 28.2 Å². The van der Waals surface area contributed by atoms with E-state index in [9.17, 15) is 4.79 Å². The molecule has 138 valence electrons. The zero-order valence-corrected chi connectivity index (χ0v) is 16.1. The lowest BCUT2D eigenvalue weighted by atomic mass is 10.3. The molecule has 1 amide bonds. The summed E-state index contributed by atoms with van der Waals surface area (Å²) in [6, 6.07) is 5.30. The molecule has 0 saturated carbocycles. The van der Waals surface area contributed by atoms with Crippen LogP contribution in [-0.4, -0.2) is 67.5 Å². The highest BCUT2D eigenvalue weighted by molar-refractivity contribution is 6.42. The molecule has 1 heterocycles. The number of nitrogens with zero attached hydrogens (tertiary/aromatic N) is 3. The van der Waals surface area contributed by atoms with Crippen molar-refractivity contribution in [3.63, 3.8) is 0 Å². The molecular weight excluding hydrogens is 363 g/mol. The number of carbonyl (C=O) groups excluding carboxylic acids is 1. The number of rotatable bonds is 5. The third kappa shape index (κ3) is 5.68. The quantitative estimate of drug-likeness (QED) is 0.479. The molecule has 0 aromatic heterocycles. The van der Waals surface area contributed by atoms with E-state index >= 15 is 0 Å². The van der Waals surface area contributed by atoms with Gasteiger partial charge in [-0.05, 0) is 19.1 Å². The first-order valence-corrected chi connectivity index (χ1v) is 9.14. The van der Waals surface area contributed by atoms with Gasteiger partial charge in [0.15, 0.2) is 5.96 Å². The van der Waals surface area contributed by atoms with E-state index in [0.717, 1.165) is 25.6 Å². The molecule has 1 aliphatic heterocycles. The van der Waals surface area contributed by atoms with E-state index < -0.39 is 0 Å². The highest BCUT2D eigenvalue weighted by Gasteiger charge is 2.20. The van der Waals surface area contributed by atoms with Gasteiger partial charge in [0.1, 0.15) is 17.4 Å². The lowest BCUT2D eigenvalue weighted by Gasteiger charge is -2.36. The van der Waals surface area contributed by atoms with Gasteiger partial charge in [0, 0.05) is 39.6 Å². The summed E-state index contributed by atoms with van der Waals surface area (Å²) in [5, 5.41) is 4.17. The summed E-state index contributed by atoms with van der Waals surface area (Å²) in [6.07, 6.45) is 0. The lowest BCUT2D eigenvalue weighted by Crippen LogP contribution is -2.53. The standard InChI is InChI=1S/C17H24Cl2N4O2/c1-3-20-17(23-10-8-22(9-11-23)13(2)24)21-7-12-25-15-6-4-5-14(18)16(15)19/h4-6H,3,7-12H2,1-2H3,(H,20,21). The Morgan fingerprint density at radius 3 is 2.56 bits per heavy atom. The van der Waals surface area contributed by atoms with Crippen LogP contribution < -0.4 is 10.1 Å². The highest BCUT2D eigenvalue weighted by Crippen LogP contribution is 2.31.